The molecule has 4 rings (SSSR count). The van der Waals surface area contributed by atoms with E-state index in [4.69, 9.17) is 4.42 Å². The topological polar surface area (TPSA) is 55.1 Å². The first-order valence-corrected chi connectivity index (χ1v) is 11.1. The third-order valence-corrected chi connectivity index (χ3v) is 5.82. The molecule has 164 valence electrons. The van der Waals surface area contributed by atoms with Crippen LogP contribution in [0.3, 0.4) is 0 Å². The second-order valence-corrected chi connectivity index (χ2v) is 9.71. The Labute approximate surface area is 189 Å². The van der Waals surface area contributed by atoms with Crippen molar-refractivity contribution >= 4 is 22.7 Å². The minimum atomic E-state index is -0.134. The summed E-state index contributed by atoms with van der Waals surface area (Å²) >= 11 is 0. The van der Waals surface area contributed by atoms with E-state index in [1.165, 1.54) is 11.1 Å². The van der Waals surface area contributed by atoms with E-state index in [-0.39, 0.29) is 11.3 Å². The summed E-state index contributed by atoms with van der Waals surface area (Å²) in [6, 6.07) is 19.8. The molecule has 4 heteroatoms. The van der Waals surface area contributed by atoms with Crippen LogP contribution in [0.25, 0.3) is 22.6 Å². The van der Waals surface area contributed by atoms with Crippen LogP contribution < -0.4 is 5.32 Å². The smallest absolute Gasteiger partial charge is 0.255 e. The Morgan fingerprint density at radius 1 is 0.969 bits per heavy atom. The molecule has 0 aliphatic heterocycles. The van der Waals surface area contributed by atoms with Gasteiger partial charge in [0.1, 0.15) is 5.52 Å². The van der Waals surface area contributed by atoms with Gasteiger partial charge < -0.3 is 9.73 Å². The summed E-state index contributed by atoms with van der Waals surface area (Å²) in [5.74, 6) is 0.842. The summed E-state index contributed by atoms with van der Waals surface area (Å²) in [6.07, 6.45) is 0. The number of carbonyl (C=O) groups excluding carboxylic acids is 1. The minimum Gasteiger partial charge on any atom is -0.436 e. The number of aromatic nitrogens is 1. The van der Waals surface area contributed by atoms with Crippen molar-refractivity contribution in [3.8, 4) is 11.5 Å². The predicted octanol–water partition coefficient (Wildman–Crippen LogP) is 7.48. The van der Waals surface area contributed by atoms with Crippen molar-refractivity contribution in [2.75, 3.05) is 5.32 Å². The molecule has 32 heavy (non-hydrogen) atoms. The average molecular weight is 427 g/mol. The molecule has 4 aromatic rings. The Kier molecular flexibility index (Phi) is 5.64. The van der Waals surface area contributed by atoms with Crippen LogP contribution in [0.1, 0.15) is 67.6 Å². The number of hydrogen-bond acceptors (Lipinski definition) is 3. The van der Waals surface area contributed by atoms with Crippen molar-refractivity contribution in [1.29, 1.82) is 0 Å². The molecule has 1 amide bonds. The second kappa shape index (κ2) is 8.27. The summed E-state index contributed by atoms with van der Waals surface area (Å²) in [7, 11) is 0. The third-order valence-electron chi connectivity index (χ3n) is 5.82. The molecular weight excluding hydrogens is 396 g/mol. The molecular formula is C28H30N2O2. The molecule has 4 nitrogen and oxygen atoms in total. The lowest BCUT2D eigenvalue weighted by molar-refractivity contribution is 0.102. The minimum absolute atomic E-state index is 0.0510. The number of carbonyl (C=O) groups is 1. The molecule has 1 heterocycles. The van der Waals surface area contributed by atoms with Gasteiger partial charge in [-0.2, -0.15) is 0 Å². The first kappa shape index (κ1) is 21.8. The fourth-order valence-electron chi connectivity index (χ4n) is 3.63. The lowest BCUT2D eigenvalue weighted by Gasteiger charge is -2.19. The molecule has 0 spiro atoms. The number of anilines is 1. The van der Waals surface area contributed by atoms with Crippen LogP contribution in [0.15, 0.2) is 65.1 Å². The summed E-state index contributed by atoms with van der Waals surface area (Å²) in [5, 5.41) is 3.04. The highest BCUT2D eigenvalue weighted by Crippen LogP contribution is 2.30. The first-order valence-electron chi connectivity index (χ1n) is 11.1. The zero-order valence-electron chi connectivity index (χ0n) is 19.6. The standard InChI is InChI=1S/C28H30N2O2/c1-17(2)20-11-14-25-24(15-20)30-27(32-25)21-8-7-18(3)23(16-21)29-26(31)19-9-12-22(13-10-19)28(4,5)6/h7-17H,1-6H3,(H,29,31). The number of rotatable bonds is 4. The maximum Gasteiger partial charge on any atom is 0.255 e. The van der Waals surface area contributed by atoms with Gasteiger partial charge in [-0.1, -0.05) is 58.9 Å². The Bertz CT molecular complexity index is 1280. The molecule has 0 fully saturated rings. The number of amides is 1. The van der Waals surface area contributed by atoms with E-state index in [1.807, 2.05) is 55.5 Å². The molecule has 1 aromatic heterocycles. The van der Waals surface area contributed by atoms with Gasteiger partial charge in [0.25, 0.3) is 5.91 Å². The van der Waals surface area contributed by atoms with Crippen LogP contribution in [-0.4, -0.2) is 10.9 Å². The summed E-state index contributed by atoms with van der Waals surface area (Å²) in [6.45, 7) is 12.8. The lowest BCUT2D eigenvalue weighted by Crippen LogP contribution is -2.15. The zero-order valence-corrected chi connectivity index (χ0v) is 19.6. The van der Waals surface area contributed by atoms with Crippen molar-refractivity contribution < 1.29 is 9.21 Å². The van der Waals surface area contributed by atoms with Gasteiger partial charge in [0.2, 0.25) is 5.89 Å². The normalized spacial score (nSPS) is 11.8. The van der Waals surface area contributed by atoms with Gasteiger partial charge >= 0.3 is 0 Å². The van der Waals surface area contributed by atoms with Gasteiger partial charge in [-0.15, -0.1) is 0 Å². The highest BCUT2D eigenvalue weighted by Gasteiger charge is 2.16. The molecule has 0 aliphatic rings. The van der Waals surface area contributed by atoms with Crippen molar-refractivity contribution in [3.63, 3.8) is 0 Å². The fourth-order valence-corrected chi connectivity index (χ4v) is 3.63. The third kappa shape index (κ3) is 4.45. The summed E-state index contributed by atoms with van der Waals surface area (Å²) < 4.78 is 5.99. The largest absolute Gasteiger partial charge is 0.436 e. The van der Waals surface area contributed by atoms with Crippen LogP contribution in [0.2, 0.25) is 0 Å². The van der Waals surface area contributed by atoms with Crippen LogP contribution in [0.5, 0.6) is 0 Å². The highest BCUT2D eigenvalue weighted by atomic mass is 16.3. The Morgan fingerprint density at radius 2 is 1.69 bits per heavy atom. The quantitative estimate of drug-likeness (QED) is 0.368. The van der Waals surface area contributed by atoms with Gasteiger partial charge in [-0.05, 0) is 71.3 Å². The maximum atomic E-state index is 12.9. The number of hydrogen-bond donors (Lipinski definition) is 1. The number of aryl methyl sites for hydroxylation is 1. The van der Waals surface area contributed by atoms with E-state index < -0.39 is 0 Å². The number of nitrogens with one attached hydrogen (secondary N) is 1. The Balaban J connectivity index is 1.60. The molecule has 1 N–H and O–H groups in total. The van der Waals surface area contributed by atoms with Gasteiger partial charge in [0.15, 0.2) is 5.58 Å². The lowest BCUT2D eigenvalue weighted by atomic mass is 9.86. The van der Waals surface area contributed by atoms with Gasteiger partial charge in [-0.25, -0.2) is 4.98 Å². The molecule has 0 aliphatic carbocycles. The Hall–Kier alpha value is -3.40. The first-order chi connectivity index (χ1) is 15.1. The second-order valence-electron chi connectivity index (χ2n) is 9.71. The zero-order chi connectivity index (χ0) is 23.0. The predicted molar refractivity (Wildman–Crippen MR) is 131 cm³/mol. The van der Waals surface area contributed by atoms with E-state index in [0.717, 1.165) is 27.9 Å². The van der Waals surface area contributed by atoms with Crippen LogP contribution >= 0.6 is 0 Å². The molecule has 0 bridgehead atoms. The molecule has 0 unspecified atom stereocenters. The van der Waals surface area contributed by atoms with E-state index in [1.54, 1.807) is 0 Å². The van der Waals surface area contributed by atoms with Crippen LogP contribution in [0, 0.1) is 6.92 Å². The van der Waals surface area contributed by atoms with E-state index in [0.29, 0.717) is 17.4 Å². The van der Waals surface area contributed by atoms with Gasteiger partial charge in [0, 0.05) is 16.8 Å². The van der Waals surface area contributed by atoms with Gasteiger partial charge in [-0.3, -0.25) is 4.79 Å². The van der Waals surface area contributed by atoms with Gasteiger partial charge in [0.05, 0.1) is 0 Å². The molecule has 0 saturated carbocycles. The summed E-state index contributed by atoms with van der Waals surface area (Å²) in [5.41, 5.74) is 7.27. The van der Waals surface area contributed by atoms with Crippen molar-refractivity contribution in [3.05, 3.63) is 82.9 Å². The number of oxazole rings is 1. The maximum absolute atomic E-state index is 12.9. The van der Waals surface area contributed by atoms with Crippen molar-refractivity contribution in [2.45, 2.75) is 52.9 Å². The molecule has 3 aromatic carbocycles. The van der Waals surface area contributed by atoms with Crippen LogP contribution in [-0.2, 0) is 5.41 Å². The summed E-state index contributed by atoms with van der Waals surface area (Å²) in [4.78, 5) is 17.6. The van der Waals surface area contributed by atoms with E-state index >= 15 is 0 Å². The fraction of sp³-hybridized carbons (Fsp3) is 0.286. The molecule has 0 radical (unpaired) electrons. The van der Waals surface area contributed by atoms with Crippen molar-refractivity contribution in [2.24, 2.45) is 0 Å². The monoisotopic (exact) mass is 426 g/mol. The average Bonchev–Trinajstić information content (AvgIpc) is 3.18. The number of nitrogens with zero attached hydrogens (tertiary/aromatic N) is 1. The Morgan fingerprint density at radius 3 is 2.34 bits per heavy atom. The van der Waals surface area contributed by atoms with Crippen molar-refractivity contribution in [1.82, 2.24) is 4.98 Å². The van der Waals surface area contributed by atoms with E-state index in [2.05, 4.69) is 57.1 Å². The molecule has 0 atom stereocenters. The van der Waals surface area contributed by atoms with E-state index in [9.17, 15) is 4.79 Å². The van der Waals surface area contributed by atoms with Crippen LogP contribution in [0.4, 0.5) is 5.69 Å². The highest BCUT2D eigenvalue weighted by molar-refractivity contribution is 6.05. The molecule has 0 saturated heterocycles. The number of fused-ring (bicyclic) bond motifs is 1. The number of benzene rings is 3. The SMILES string of the molecule is Cc1ccc(-c2nc3cc(C(C)C)ccc3o2)cc1NC(=O)c1ccc(C(C)(C)C)cc1.